The van der Waals surface area contributed by atoms with Crippen LogP contribution in [-0.2, 0) is 6.18 Å². The maximum absolute atomic E-state index is 13.0. The number of alkyl halides is 3. The lowest BCUT2D eigenvalue weighted by Gasteiger charge is -2.39. The summed E-state index contributed by atoms with van der Waals surface area (Å²) in [6, 6.07) is 7.02. The fraction of sp³-hybridized carbons (Fsp3) is 0.400. The normalized spacial score (nSPS) is 14.3. The first-order valence-electron chi connectivity index (χ1n) is 9.21. The lowest BCUT2D eigenvalue weighted by Crippen LogP contribution is -2.56. The second-order valence-electron chi connectivity index (χ2n) is 6.33. The summed E-state index contributed by atoms with van der Waals surface area (Å²) in [6.45, 7) is 4.90. The summed E-state index contributed by atoms with van der Waals surface area (Å²) in [5, 5.41) is 0. The van der Waals surface area contributed by atoms with Crippen molar-refractivity contribution in [1.82, 2.24) is 9.88 Å². The molecule has 3 rings (SSSR count). The molecular weight excluding hydrogens is 389 g/mol. The van der Waals surface area contributed by atoms with Crippen LogP contribution in [0.1, 0.15) is 29.8 Å². The van der Waals surface area contributed by atoms with Gasteiger partial charge in [0.2, 0.25) is 5.88 Å². The van der Waals surface area contributed by atoms with Crippen molar-refractivity contribution in [2.24, 2.45) is 0 Å². The third kappa shape index (κ3) is 4.72. The number of likely N-dealkylation sites (tertiary alicyclic amines) is 1. The molecule has 1 saturated heterocycles. The van der Waals surface area contributed by atoms with Crippen molar-refractivity contribution in [3.05, 3.63) is 47.7 Å². The van der Waals surface area contributed by atoms with E-state index in [1.807, 2.05) is 13.8 Å². The van der Waals surface area contributed by atoms with E-state index >= 15 is 0 Å². The SMILES string of the molecule is CCOc1ccc(C(=O)N2CC(Oc3ncccc3C(F)(F)F)C2)cc1OCC. The van der Waals surface area contributed by atoms with E-state index in [0.717, 1.165) is 6.07 Å². The summed E-state index contributed by atoms with van der Waals surface area (Å²) in [6.07, 6.45) is -3.87. The van der Waals surface area contributed by atoms with Crippen molar-refractivity contribution in [2.75, 3.05) is 26.3 Å². The van der Waals surface area contributed by atoms with Gasteiger partial charge in [-0.05, 0) is 44.2 Å². The van der Waals surface area contributed by atoms with E-state index in [0.29, 0.717) is 30.3 Å². The van der Waals surface area contributed by atoms with Crippen LogP contribution in [-0.4, -0.2) is 48.2 Å². The lowest BCUT2D eigenvalue weighted by atomic mass is 10.1. The Bertz CT molecular complexity index is 867. The Labute approximate surface area is 166 Å². The van der Waals surface area contributed by atoms with E-state index in [1.54, 1.807) is 18.2 Å². The molecule has 0 unspecified atom stereocenters. The summed E-state index contributed by atoms with van der Waals surface area (Å²) in [7, 11) is 0. The summed E-state index contributed by atoms with van der Waals surface area (Å²) in [5.74, 6) is 0.282. The van der Waals surface area contributed by atoms with Gasteiger partial charge in [0.05, 0.1) is 26.3 Å². The Morgan fingerprint density at radius 3 is 2.48 bits per heavy atom. The van der Waals surface area contributed by atoms with E-state index in [4.69, 9.17) is 14.2 Å². The van der Waals surface area contributed by atoms with Gasteiger partial charge >= 0.3 is 6.18 Å². The predicted molar refractivity (Wildman–Crippen MR) is 98.3 cm³/mol. The number of carbonyl (C=O) groups is 1. The van der Waals surface area contributed by atoms with Crippen LogP contribution < -0.4 is 14.2 Å². The van der Waals surface area contributed by atoms with Crippen molar-refractivity contribution in [2.45, 2.75) is 26.1 Å². The number of hydrogen-bond acceptors (Lipinski definition) is 5. The summed E-state index contributed by atoms with van der Waals surface area (Å²) < 4.78 is 55.5. The van der Waals surface area contributed by atoms with Crippen LogP contribution in [0.2, 0.25) is 0 Å². The van der Waals surface area contributed by atoms with E-state index in [9.17, 15) is 18.0 Å². The fourth-order valence-corrected chi connectivity index (χ4v) is 2.90. The number of halogens is 3. The Morgan fingerprint density at radius 2 is 1.83 bits per heavy atom. The molecule has 2 aromatic rings. The largest absolute Gasteiger partial charge is 0.490 e. The molecule has 0 spiro atoms. The lowest BCUT2D eigenvalue weighted by molar-refractivity contribution is -0.140. The van der Waals surface area contributed by atoms with Gasteiger partial charge in [-0.3, -0.25) is 4.79 Å². The molecule has 29 heavy (non-hydrogen) atoms. The zero-order valence-electron chi connectivity index (χ0n) is 16.0. The maximum Gasteiger partial charge on any atom is 0.421 e. The van der Waals surface area contributed by atoms with E-state index < -0.39 is 23.7 Å². The van der Waals surface area contributed by atoms with Crippen LogP contribution in [0.3, 0.4) is 0 Å². The van der Waals surface area contributed by atoms with E-state index in [2.05, 4.69) is 4.98 Å². The topological polar surface area (TPSA) is 60.9 Å². The number of carbonyl (C=O) groups excluding carboxylic acids is 1. The number of rotatable bonds is 7. The number of ether oxygens (including phenoxy) is 3. The van der Waals surface area contributed by atoms with E-state index in [1.165, 1.54) is 17.2 Å². The Hall–Kier alpha value is -2.97. The fourth-order valence-electron chi connectivity index (χ4n) is 2.90. The molecule has 0 radical (unpaired) electrons. The average molecular weight is 410 g/mol. The highest BCUT2D eigenvalue weighted by atomic mass is 19.4. The highest BCUT2D eigenvalue weighted by Gasteiger charge is 2.38. The number of pyridine rings is 1. The van der Waals surface area contributed by atoms with Gasteiger partial charge in [-0.2, -0.15) is 13.2 Å². The molecular formula is C20H21F3N2O4. The predicted octanol–water partition coefficient (Wildman–Crippen LogP) is 3.80. The highest BCUT2D eigenvalue weighted by molar-refractivity contribution is 5.95. The van der Waals surface area contributed by atoms with Crippen LogP contribution in [0.4, 0.5) is 13.2 Å². The summed E-state index contributed by atoms with van der Waals surface area (Å²) >= 11 is 0. The van der Waals surface area contributed by atoms with Gasteiger partial charge in [-0.15, -0.1) is 0 Å². The Balaban J connectivity index is 1.64. The second-order valence-corrected chi connectivity index (χ2v) is 6.33. The second kappa shape index (κ2) is 8.59. The molecule has 0 saturated carbocycles. The first-order valence-corrected chi connectivity index (χ1v) is 9.21. The molecule has 6 nitrogen and oxygen atoms in total. The first-order chi connectivity index (χ1) is 13.8. The molecule has 0 aliphatic carbocycles. The Kier molecular flexibility index (Phi) is 6.14. The van der Waals surface area contributed by atoms with Crippen LogP contribution >= 0.6 is 0 Å². The minimum absolute atomic E-state index is 0.171. The zero-order chi connectivity index (χ0) is 21.0. The smallest absolute Gasteiger partial charge is 0.421 e. The molecule has 2 heterocycles. The first kappa shape index (κ1) is 20.8. The monoisotopic (exact) mass is 410 g/mol. The highest BCUT2D eigenvalue weighted by Crippen LogP contribution is 2.36. The standard InChI is InChI=1S/C20H21F3N2O4/c1-3-27-16-8-7-13(10-17(16)28-4-2)19(26)25-11-14(12-25)29-18-15(20(21,22)23)6-5-9-24-18/h5-10,14H,3-4,11-12H2,1-2H3. The molecule has 0 N–H and O–H groups in total. The van der Waals surface area contributed by atoms with Gasteiger partial charge < -0.3 is 19.1 Å². The minimum atomic E-state index is -4.55. The minimum Gasteiger partial charge on any atom is -0.490 e. The molecule has 156 valence electrons. The number of benzene rings is 1. The zero-order valence-corrected chi connectivity index (χ0v) is 16.0. The molecule has 9 heteroatoms. The molecule has 0 atom stereocenters. The van der Waals surface area contributed by atoms with Crippen LogP contribution in [0, 0.1) is 0 Å². The van der Waals surface area contributed by atoms with Crippen LogP contribution in [0.5, 0.6) is 17.4 Å². The van der Waals surface area contributed by atoms with Gasteiger partial charge in [-0.25, -0.2) is 4.98 Å². The number of hydrogen-bond donors (Lipinski definition) is 0. The maximum atomic E-state index is 13.0. The average Bonchev–Trinajstić information content (AvgIpc) is 2.65. The van der Waals surface area contributed by atoms with Crippen LogP contribution in [0.15, 0.2) is 36.5 Å². The van der Waals surface area contributed by atoms with Gasteiger partial charge in [0.25, 0.3) is 5.91 Å². The summed E-state index contributed by atoms with van der Waals surface area (Å²) in [5.41, 5.74) is -0.526. The number of amides is 1. The number of aromatic nitrogens is 1. The molecule has 1 aromatic heterocycles. The quantitative estimate of drug-likeness (QED) is 0.695. The van der Waals surface area contributed by atoms with Crippen molar-refractivity contribution in [1.29, 1.82) is 0 Å². The molecule has 1 aliphatic heterocycles. The van der Waals surface area contributed by atoms with Crippen molar-refractivity contribution < 1.29 is 32.2 Å². The molecule has 0 bridgehead atoms. The van der Waals surface area contributed by atoms with Crippen LogP contribution in [0.25, 0.3) is 0 Å². The van der Waals surface area contributed by atoms with Gasteiger partial charge in [0, 0.05) is 11.8 Å². The molecule has 1 aromatic carbocycles. The third-order valence-electron chi connectivity index (χ3n) is 4.28. The van der Waals surface area contributed by atoms with Gasteiger partial charge in [0.1, 0.15) is 11.7 Å². The van der Waals surface area contributed by atoms with Gasteiger partial charge in [-0.1, -0.05) is 0 Å². The molecule has 1 amide bonds. The Morgan fingerprint density at radius 1 is 1.14 bits per heavy atom. The molecule has 1 aliphatic rings. The van der Waals surface area contributed by atoms with E-state index in [-0.39, 0.29) is 19.0 Å². The number of nitrogens with zero attached hydrogens (tertiary/aromatic N) is 2. The van der Waals surface area contributed by atoms with Crippen molar-refractivity contribution in [3.63, 3.8) is 0 Å². The third-order valence-corrected chi connectivity index (χ3v) is 4.28. The van der Waals surface area contributed by atoms with Crippen molar-refractivity contribution >= 4 is 5.91 Å². The van der Waals surface area contributed by atoms with Crippen molar-refractivity contribution in [3.8, 4) is 17.4 Å². The molecule has 1 fully saturated rings. The summed E-state index contributed by atoms with van der Waals surface area (Å²) in [4.78, 5) is 17.8. The van der Waals surface area contributed by atoms with Gasteiger partial charge in [0.15, 0.2) is 11.5 Å².